The third-order valence-electron chi connectivity index (χ3n) is 12.6. The number of anilines is 3. The topological polar surface area (TPSA) is 3.24 Å². The SMILES string of the molecule is [2H]c1c([2H])c([2H])c(-c2ccc(N(c3ccc(-c4ccccc4)cc3)c3cccc4c(-c5ccc6c(c5)C5(c7ccccc7-c7ccccc75)c5ccccc5-6)cccc34)cc2)c([2H])c1[2H]. The second-order valence-corrected chi connectivity index (χ2v) is 15.6. The van der Waals surface area contributed by atoms with Crippen LogP contribution in [0.2, 0.25) is 0 Å². The van der Waals surface area contributed by atoms with Crippen LogP contribution in [0.15, 0.2) is 236 Å². The molecule has 0 aromatic heterocycles. The minimum Gasteiger partial charge on any atom is -0.310 e. The lowest BCUT2D eigenvalue weighted by Crippen LogP contribution is -2.25. The Morgan fingerprint density at radius 2 is 0.783 bits per heavy atom. The third kappa shape index (κ3) is 5.13. The van der Waals surface area contributed by atoms with Crippen molar-refractivity contribution in [2.24, 2.45) is 0 Å². The summed E-state index contributed by atoms with van der Waals surface area (Å²) in [7, 11) is 0. The van der Waals surface area contributed by atoms with E-state index < -0.39 is 11.5 Å². The Morgan fingerprint density at radius 1 is 0.317 bits per heavy atom. The van der Waals surface area contributed by atoms with Gasteiger partial charge in [0.25, 0.3) is 0 Å². The Kier molecular flexibility index (Phi) is 6.72. The Labute approximate surface area is 358 Å². The third-order valence-corrected chi connectivity index (χ3v) is 12.6. The maximum absolute atomic E-state index is 8.66. The molecule has 60 heavy (non-hydrogen) atoms. The van der Waals surface area contributed by atoms with Crippen LogP contribution in [0.3, 0.4) is 0 Å². The fourth-order valence-corrected chi connectivity index (χ4v) is 10.0. The van der Waals surface area contributed by atoms with Crippen LogP contribution >= 0.6 is 0 Å². The Morgan fingerprint density at radius 3 is 1.40 bits per heavy atom. The first-order valence-electron chi connectivity index (χ1n) is 22.9. The van der Waals surface area contributed by atoms with Crippen molar-refractivity contribution in [2.45, 2.75) is 5.41 Å². The molecule has 10 aromatic carbocycles. The molecule has 0 amide bonds. The van der Waals surface area contributed by atoms with Crippen LogP contribution in [0.4, 0.5) is 17.1 Å². The van der Waals surface area contributed by atoms with Gasteiger partial charge < -0.3 is 4.90 Å². The first-order valence-corrected chi connectivity index (χ1v) is 20.4. The molecule has 2 aliphatic carbocycles. The minimum atomic E-state index is -0.449. The number of fused-ring (bicyclic) bond motifs is 11. The zero-order valence-electron chi connectivity index (χ0n) is 37.6. The molecule has 0 N–H and O–H groups in total. The van der Waals surface area contributed by atoms with E-state index in [2.05, 4.69) is 169 Å². The lowest BCUT2D eigenvalue weighted by molar-refractivity contribution is 0.794. The molecule has 0 unspecified atom stereocenters. The van der Waals surface area contributed by atoms with Crippen LogP contribution < -0.4 is 4.90 Å². The van der Waals surface area contributed by atoms with Gasteiger partial charge in [-0.05, 0) is 120 Å². The lowest BCUT2D eigenvalue weighted by Gasteiger charge is -2.30. The number of benzene rings is 10. The summed E-state index contributed by atoms with van der Waals surface area (Å²) in [6.45, 7) is 0. The molecular weight excluding hydrogens is 723 g/mol. The molecule has 1 spiro atoms. The molecular formula is C59H39N. The van der Waals surface area contributed by atoms with E-state index in [0.717, 1.165) is 50.1 Å². The Balaban J connectivity index is 1.03. The second kappa shape index (κ2) is 13.7. The number of hydrogen-bond donors (Lipinski definition) is 0. The first kappa shape index (κ1) is 29.5. The van der Waals surface area contributed by atoms with E-state index in [0.29, 0.717) is 5.56 Å². The molecule has 0 fully saturated rings. The minimum absolute atomic E-state index is 0.180. The maximum Gasteiger partial charge on any atom is 0.0725 e. The molecule has 10 aromatic rings. The summed E-state index contributed by atoms with van der Waals surface area (Å²) in [4.78, 5) is 2.24. The fraction of sp³-hybridized carbons (Fsp3) is 0.0169. The summed E-state index contributed by atoms with van der Waals surface area (Å²) in [6, 6.07) is 71.8. The van der Waals surface area contributed by atoms with Gasteiger partial charge in [0.05, 0.1) is 18.0 Å². The standard InChI is InChI=1S/C59H39N/c1-3-15-40(16-4-1)42-29-34-45(35-30-42)60(46-36-31-43(32-37-46)41-17-5-2-6-18-41)58-28-14-23-48-47(22-13-24-53(48)58)44-33-38-52-51-21-9-12-27-56(51)59(57(52)39-44)54-25-10-7-19-49(54)50-20-8-11-26-55(50)59/h1-39H/i1D,3D,4D,15D,16D. The van der Waals surface area contributed by atoms with Gasteiger partial charge in [0, 0.05) is 16.8 Å². The van der Waals surface area contributed by atoms with E-state index in [4.69, 9.17) is 6.85 Å². The molecule has 1 nitrogen and oxygen atoms in total. The largest absolute Gasteiger partial charge is 0.310 e. The van der Waals surface area contributed by atoms with Crippen molar-refractivity contribution in [3.05, 3.63) is 259 Å². The molecule has 0 radical (unpaired) electrons. The summed E-state index contributed by atoms with van der Waals surface area (Å²) >= 11 is 0. The summed E-state index contributed by atoms with van der Waals surface area (Å²) in [5.74, 6) is 0. The van der Waals surface area contributed by atoms with Crippen LogP contribution in [0.1, 0.15) is 29.1 Å². The first-order chi connectivity index (χ1) is 31.8. The molecule has 0 bridgehead atoms. The van der Waals surface area contributed by atoms with Crippen molar-refractivity contribution >= 4 is 27.8 Å². The lowest BCUT2D eigenvalue weighted by atomic mass is 9.70. The van der Waals surface area contributed by atoms with Crippen molar-refractivity contribution in [2.75, 3.05) is 4.90 Å². The van der Waals surface area contributed by atoms with Gasteiger partial charge >= 0.3 is 0 Å². The van der Waals surface area contributed by atoms with Gasteiger partial charge in [0.15, 0.2) is 0 Å². The molecule has 280 valence electrons. The molecule has 0 saturated carbocycles. The van der Waals surface area contributed by atoms with E-state index in [1.165, 1.54) is 44.5 Å². The van der Waals surface area contributed by atoms with Gasteiger partial charge in [0.2, 0.25) is 0 Å². The highest BCUT2D eigenvalue weighted by molar-refractivity contribution is 6.06. The predicted octanol–water partition coefficient (Wildman–Crippen LogP) is 15.7. The van der Waals surface area contributed by atoms with Gasteiger partial charge in [-0.1, -0.05) is 200 Å². The average molecular weight is 767 g/mol. The summed E-state index contributed by atoms with van der Waals surface area (Å²) in [6.07, 6.45) is 0. The van der Waals surface area contributed by atoms with Crippen LogP contribution in [-0.2, 0) is 5.41 Å². The van der Waals surface area contributed by atoms with Crippen LogP contribution in [0.25, 0.3) is 66.4 Å². The van der Waals surface area contributed by atoms with Gasteiger partial charge in [0.1, 0.15) is 0 Å². The zero-order valence-corrected chi connectivity index (χ0v) is 32.6. The average Bonchev–Trinajstić information content (AvgIpc) is 3.83. The normalized spacial score (nSPS) is 14.0. The molecule has 0 atom stereocenters. The van der Waals surface area contributed by atoms with E-state index >= 15 is 0 Å². The van der Waals surface area contributed by atoms with Crippen LogP contribution in [0.5, 0.6) is 0 Å². The molecule has 12 rings (SSSR count). The predicted molar refractivity (Wildman–Crippen MR) is 251 cm³/mol. The van der Waals surface area contributed by atoms with Crippen molar-refractivity contribution < 1.29 is 6.85 Å². The smallest absolute Gasteiger partial charge is 0.0725 e. The Hall–Kier alpha value is -7.74. The monoisotopic (exact) mass is 766 g/mol. The van der Waals surface area contributed by atoms with Crippen molar-refractivity contribution in [1.29, 1.82) is 0 Å². The maximum atomic E-state index is 8.66. The summed E-state index contributed by atoms with van der Waals surface area (Å²) in [5.41, 5.74) is 17.9. The van der Waals surface area contributed by atoms with Crippen LogP contribution in [-0.4, -0.2) is 0 Å². The number of rotatable bonds is 6. The summed E-state index contributed by atoms with van der Waals surface area (Å²) in [5, 5.41) is 2.19. The second-order valence-electron chi connectivity index (χ2n) is 15.6. The molecule has 0 heterocycles. The molecule has 0 aliphatic heterocycles. The summed E-state index contributed by atoms with van der Waals surface area (Å²) < 4.78 is 42.1. The fourth-order valence-electron chi connectivity index (χ4n) is 10.0. The van der Waals surface area contributed by atoms with Gasteiger partial charge in [-0.2, -0.15) is 0 Å². The van der Waals surface area contributed by atoms with Crippen molar-refractivity contribution in [3.8, 4) is 55.6 Å². The van der Waals surface area contributed by atoms with Gasteiger partial charge in [-0.15, -0.1) is 0 Å². The van der Waals surface area contributed by atoms with Crippen LogP contribution in [0, 0.1) is 0 Å². The van der Waals surface area contributed by atoms with Crippen molar-refractivity contribution in [3.63, 3.8) is 0 Å². The van der Waals surface area contributed by atoms with Gasteiger partial charge in [-0.25, -0.2) is 0 Å². The zero-order chi connectivity index (χ0) is 44.0. The highest BCUT2D eigenvalue weighted by Crippen LogP contribution is 2.63. The van der Waals surface area contributed by atoms with E-state index in [1.807, 2.05) is 42.5 Å². The van der Waals surface area contributed by atoms with E-state index in [-0.39, 0.29) is 29.7 Å². The Bertz CT molecular complexity index is 3450. The highest BCUT2D eigenvalue weighted by Gasteiger charge is 2.51. The van der Waals surface area contributed by atoms with Gasteiger partial charge in [-0.3, -0.25) is 0 Å². The number of nitrogens with zero attached hydrogens (tertiary/aromatic N) is 1. The molecule has 1 heteroatoms. The molecule has 0 saturated heterocycles. The van der Waals surface area contributed by atoms with E-state index in [1.54, 1.807) is 0 Å². The number of hydrogen-bond acceptors (Lipinski definition) is 1. The molecule has 2 aliphatic rings. The van der Waals surface area contributed by atoms with E-state index in [9.17, 15) is 0 Å². The quantitative estimate of drug-likeness (QED) is 0.163. The highest BCUT2D eigenvalue weighted by atomic mass is 15.1. The van der Waals surface area contributed by atoms with Crippen molar-refractivity contribution in [1.82, 2.24) is 0 Å².